The standard InChI is InChI=1S/C72H134O6/c1-4-7-10-13-16-19-21-23-25-27-29-30-31-32-33-34-35-36-37-38-39-40-41-42-44-45-47-49-51-53-56-59-62-65-71(74)77-68-69(67-76-70(73)64-61-58-55-18-15-12-9-6-3)78-72(75)66-63-60-57-54-52-50-48-46-43-28-26-24-22-20-17-14-11-8-5-2/h21,23,27,29,31-32,69H,4-20,22,24-26,28,30,33-68H2,1-3H3/b23-21-,29-27-,32-31-. The summed E-state index contributed by atoms with van der Waals surface area (Å²) in [7, 11) is 0. The molecule has 6 nitrogen and oxygen atoms in total. The summed E-state index contributed by atoms with van der Waals surface area (Å²) in [5.74, 6) is -0.842. The molecule has 0 aromatic heterocycles. The number of carbonyl (C=O) groups is 3. The molecule has 0 radical (unpaired) electrons. The molecule has 0 amide bonds. The summed E-state index contributed by atoms with van der Waals surface area (Å²) in [6.45, 7) is 6.67. The molecular weight excluding hydrogens is 961 g/mol. The van der Waals surface area contributed by atoms with Crippen LogP contribution in [0.3, 0.4) is 0 Å². The van der Waals surface area contributed by atoms with Crippen LogP contribution >= 0.6 is 0 Å². The molecule has 0 aliphatic carbocycles. The molecule has 0 aromatic rings. The highest BCUT2D eigenvalue weighted by atomic mass is 16.6. The summed E-state index contributed by atoms with van der Waals surface area (Å²) in [6, 6.07) is 0. The van der Waals surface area contributed by atoms with Gasteiger partial charge in [0, 0.05) is 19.3 Å². The summed E-state index contributed by atoms with van der Waals surface area (Å²) in [5.41, 5.74) is 0. The first-order valence-electron chi connectivity index (χ1n) is 35.0. The average Bonchev–Trinajstić information content (AvgIpc) is 3.44. The third-order valence-electron chi connectivity index (χ3n) is 15.9. The van der Waals surface area contributed by atoms with Crippen LogP contribution in [0.4, 0.5) is 0 Å². The lowest BCUT2D eigenvalue weighted by molar-refractivity contribution is -0.167. The second-order valence-corrected chi connectivity index (χ2v) is 23.8. The van der Waals surface area contributed by atoms with Crippen molar-refractivity contribution in [1.82, 2.24) is 0 Å². The van der Waals surface area contributed by atoms with Crippen molar-refractivity contribution in [1.29, 1.82) is 0 Å². The van der Waals surface area contributed by atoms with Crippen LogP contribution in [-0.4, -0.2) is 37.2 Å². The van der Waals surface area contributed by atoms with Gasteiger partial charge >= 0.3 is 17.9 Å². The van der Waals surface area contributed by atoms with Gasteiger partial charge in [-0.1, -0.05) is 346 Å². The predicted octanol–water partition coefficient (Wildman–Crippen LogP) is 23.9. The smallest absolute Gasteiger partial charge is 0.306 e. The zero-order valence-electron chi connectivity index (χ0n) is 52.7. The largest absolute Gasteiger partial charge is 0.462 e. The second-order valence-electron chi connectivity index (χ2n) is 23.8. The topological polar surface area (TPSA) is 78.9 Å². The Morgan fingerprint density at radius 1 is 0.256 bits per heavy atom. The van der Waals surface area contributed by atoms with Crippen molar-refractivity contribution in [3.05, 3.63) is 36.5 Å². The van der Waals surface area contributed by atoms with E-state index in [9.17, 15) is 14.4 Å². The SMILES string of the molecule is CCCCCCC/C=C\C/C=C\C/C=C\CCCCCCCCCCCCCCCCCCCCC(=O)OCC(COC(=O)CCCCCCCCCC)OC(=O)CCCCCCCCCCCCCCCCCCCCC. The Balaban J connectivity index is 4.01. The molecular formula is C72H134O6. The molecule has 0 aliphatic rings. The first-order chi connectivity index (χ1) is 38.5. The van der Waals surface area contributed by atoms with E-state index in [1.165, 1.54) is 276 Å². The molecule has 0 spiro atoms. The van der Waals surface area contributed by atoms with Gasteiger partial charge in [-0.25, -0.2) is 0 Å². The van der Waals surface area contributed by atoms with Gasteiger partial charge in [-0.2, -0.15) is 0 Å². The van der Waals surface area contributed by atoms with Crippen molar-refractivity contribution in [3.63, 3.8) is 0 Å². The minimum absolute atomic E-state index is 0.0651. The van der Waals surface area contributed by atoms with E-state index in [1.807, 2.05) is 0 Å². The van der Waals surface area contributed by atoms with Gasteiger partial charge < -0.3 is 14.2 Å². The molecule has 0 fully saturated rings. The van der Waals surface area contributed by atoms with E-state index in [0.717, 1.165) is 70.6 Å². The fourth-order valence-electron chi connectivity index (χ4n) is 10.6. The Labute approximate surface area is 486 Å². The van der Waals surface area contributed by atoms with Crippen molar-refractivity contribution in [2.45, 2.75) is 393 Å². The normalized spacial score (nSPS) is 12.2. The van der Waals surface area contributed by atoms with Gasteiger partial charge in [-0.3, -0.25) is 14.4 Å². The van der Waals surface area contributed by atoms with Crippen LogP contribution in [0.2, 0.25) is 0 Å². The van der Waals surface area contributed by atoms with E-state index in [4.69, 9.17) is 14.2 Å². The lowest BCUT2D eigenvalue weighted by Gasteiger charge is -2.18. The van der Waals surface area contributed by atoms with E-state index in [-0.39, 0.29) is 31.1 Å². The first-order valence-corrected chi connectivity index (χ1v) is 35.0. The van der Waals surface area contributed by atoms with Crippen LogP contribution < -0.4 is 0 Å². The van der Waals surface area contributed by atoms with Crippen molar-refractivity contribution < 1.29 is 28.6 Å². The molecule has 1 atom stereocenters. The number of hydrogen-bond acceptors (Lipinski definition) is 6. The maximum absolute atomic E-state index is 12.9. The minimum atomic E-state index is -0.765. The molecule has 0 rings (SSSR count). The summed E-state index contributed by atoms with van der Waals surface area (Å²) in [5, 5.41) is 0. The third kappa shape index (κ3) is 64.5. The number of unbranched alkanes of at least 4 members (excludes halogenated alkanes) is 48. The van der Waals surface area contributed by atoms with E-state index in [2.05, 4.69) is 57.2 Å². The number of ether oxygens (including phenoxy) is 3. The quantitative estimate of drug-likeness (QED) is 0.0261. The molecule has 0 N–H and O–H groups in total. The van der Waals surface area contributed by atoms with Crippen LogP contribution in [0.5, 0.6) is 0 Å². The number of rotatable bonds is 65. The fourth-order valence-corrected chi connectivity index (χ4v) is 10.6. The maximum Gasteiger partial charge on any atom is 0.306 e. The Kier molecular flexibility index (Phi) is 65.1. The molecule has 78 heavy (non-hydrogen) atoms. The van der Waals surface area contributed by atoms with Crippen LogP contribution in [0.15, 0.2) is 36.5 Å². The Morgan fingerprint density at radius 2 is 0.462 bits per heavy atom. The fraction of sp³-hybridized carbons (Fsp3) is 0.875. The zero-order chi connectivity index (χ0) is 56.4. The Bertz CT molecular complexity index is 1300. The van der Waals surface area contributed by atoms with Crippen molar-refractivity contribution >= 4 is 17.9 Å². The van der Waals surface area contributed by atoms with Crippen molar-refractivity contribution in [2.75, 3.05) is 13.2 Å². The van der Waals surface area contributed by atoms with Gasteiger partial charge in [0.1, 0.15) is 13.2 Å². The van der Waals surface area contributed by atoms with Crippen molar-refractivity contribution in [2.24, 2.45) is 0 Å². The summed E-state index contributed by atoms with van der Waals surface area (Å²) >= 11 is 0. The van der Waals surface area contributed by atoms with Gasteiger partial charge in [0.05, 0.1) is 0 Å². The summed E-state index contributed by atoms with van der Waals surface area (Å²) in [6.07, 6.45) is 83.4. The molecule has 0 saturated carbocycles. The number of hydrogen-bond donors (Lipinski definition) is 0. The summed E-state index contributed by atoms with van der Waals surface area (Å²) < 4.78 is 16.9. The average molecular weight is 1100 g/mol. The van der Waals surface area contributed by atoms with Crippen LogP contribution in [0, 0.1) is 0 Å². The number of allylic oxidation sites excluding steroid dienone is 6. The van der Waals surface area contributed by atoms with Crippen LogP contribution in [0.1, 0.15) is 387 Å². The van der Waals surface area contributed by atoms with Gasteiger partial charge in [0.2, 0.25) is 0 Å². The minimum Gasteiger partial charge on any atom is -0.462 e. The van der Waals surface area contributed by atoms with E-state index in [1.54, 1.807) is 0 Å². The van der Waals surface area contributed by atoms with E-state index < -0.39 is 6.10 Å². The third-order valence-corrected chi connectivity index (χ3v) is 15.9. The van der Waals surface area contributed by atoms with E-state index >= 15 is 0 Å². The molecule has 6 heteroatoms. The van der Waals surface area contributed by atoms with Crippen LogP contribution in [-0.2, 0) is 28.6 Å². The molecule has 0 heterocycles. The lowest BCUT2D eigenvalue weighted by Crippen LogP contribution is -2.30. The monoisotopic (exact) mass is 1100 g/mol. The van der Waals surface area contributed by atoms with Gasteiger partial charge in [0.25, 0.3) is 0 Å². The predicted molar refractivity (Wildman–Crippen MR) is 339 cm³/mol. The molecule has 0 bridgehead atoms. The van der Waals surface area contributed by atoms with Gasteiger partial charge in [0.15, 0.2) is 6.10 Å². The highest BCUT2D eigenvalue weighted by Gasteiger charge is 2.19. The Hall–Kier alpha value is -2.37. The van der Waals surface area contributed by atoms with Crippen LogP contribution in [0.25, 0.3) is 0 Å². The Morgan fingerprint density at radius 3 is 0.718 bits per heavy atom. The summed E-state index contributed by atoms with van der Waals surface area (Å²) in [4.78, 5) is 38.2. The maximum atomic E-state index is 12.9. The first kappa shape index (κ1) is 75.6. The molecule has 0 aliphatic heterocycles. The highest BCUT2D eigenvalue weighted by molar-refractivity contribution is 5.71. The number of esters is 3. The van der Waals surface area contributed by atoms with Gasteiger partial charge in [-0.15, -0.1) is 0 Å². The lowest BCUT2D eigenvalue weighted by atomic mass is 10.0. The molecule has 0 saturated heterocycles. The zero-order valence-corrected chi connectivity index (χ0v) is 52.7. The van der Waals surface area contributed by atoms with E-state index in [0.29, 0.717) is 19.3 Å². The highest BCUT2D eigenvalue weighted by Crippen LogP contribution is 2.18. The number of carbonyl (C=O) groups excluding carboxylic acids is 3. The molecule has 458 valence electrons. The second kappa shape index (κ2) is 67.1. The van der Waals surface area contributed by atoms with Crippen molar-refractivity contribution in [3.8, 4) is 0 Å². The molecule has 0 aromatic carbocycles. The molecule has 1 unspecified atom stereocenters. The van der Waals surface area contributed by atoms with Gasteiger partial charge in [-0.05, 0) is 57.8 Å².